The van der Waals surface area contributed by atoms with Crippen LogP contribution in [-0.4, -0.2) is 6.88 Å². The van der Waals surface area contributed by atoms with E-state index in [0.717, 1.165) is 0 Å². The topological polar surface area (TPSA) is 0 Å². The van der Waals surface area contributed by atoms with Crippen molar-refractivity contribution in [2.75, 3.05) is 0 Å². The first-order valence-electron chi connectivity index (χ1n) is 17.8. The van der Waals surface area contributed by atoms with Gasteiger partial charge in [-0.1, -0.05) is 136 Å². The standard InChI is InChI=1S/2C25H19.2CH3.2ClH.Si.Zr/c2*1-16-7-5-11-21-23(16)13-17(2)25(21)22-12-6-10-20-14-18-8-3-4-9-19(18)15-24(20)22;;;;;;/h2*3-15H,1-2H3;2*1H3;2*1H;;/q4*-1;;;;+2/p-2. The Morgan fingerprint density at radius 1 is 0.375 bits per heavy atom. The summed E-state index contributed by atoms with van der Waals surface area (Å²) in [6, 6.07) is 57.7. The molecule has 2 radical (unpaired) electrons. The molecule has 10 rings (SSSR count). The van der Waals surface area contributed by atoms with Crippen molar-refractivity contribution in [3.05, 3.63) is 195 Å². The van der Waals surface area contributed by atoms with E-state index in [1.807, 2.05) is 0 Å². The van der Waals surface area contributed by atoms with Crippen molar-refractivity contribution in [2.24, 2.45) is 0 Å². The van der Waals surface area contributed by atoms with Crippen molar-refractivity contribution < 1.29 is 48.1 Å². The van der Waals surface area contributed by atoms with Crippen LogP contribution in [-0.2, 0) is 23.3 Å². The van der Waals surface area contributed by atoms with E-state index in [9.17, 15) is 0 Å². The average Bonchev–Trinajstić information content (AvgIpc) is 3.70. The maximum atomic E-state index is 3.06. The zero-order valence-electron chi connectivity index (χ0n) is 32.8. The fourth-order valence-corrected chi connectivity index (χ4v) is 8.27. The molecule has 0 aliphatic heterocycles. The van der Waals surface area contributed by atoms with Gasteiger partial charge >= 0.3 is 30.2 Å². The van der Waals surface area contributed by atoms with Crippen LogP contribution in [0.3, 0.4) is 0 Å². The third-order valence-electron chi connectivity index (χ3n) is 10.7. The second-order valence-electron chi connectivity index (χ2n) is 13.9. The van der Waals surface area contributed by atoms with Gasteiger partial charge in [-0.2, -0.15) is 0 Å². The van der Waals surface area contributed by atoms with E-state index in [1.165, 1.54) is 132 Å². The molecule has 0 aliphatic carbocycles. The minimum absolute atomic E-state index is 0. The van der Waals surface area contributed by atoms with Gasteiger partial charge in [0.25, 0.3) is 0 Å². The number of aryl methyl sites for hydroxylation is 4. The summed E-state index contributed by atoms with van der Waals surface area (Å²) in [4.78, 5) is 0. The number of halogens is 2. The monoisotopic (exact) mass is 856 g/mol. The molecule has 0 N–H and O–H groups in total. The van der Waals surface area contributed by atoms with Gasteiger partial charge in [0.1, 0.15) is 0 Å². The summed E-state index contributed by atoms with van der Waals surface area (Å²) >= 11 is 1.36. The Morgan fingerprint density at radius 3 is 1.07 bits per heavy atom. The molecule has 0 unspecified atom stereocenters. The van der Waals surface area contributed by atoms with Crippen LogP contribution in [0.5, 0.6) is 0 Å². The molecular formula is C52H44Cl2SiZr-4. The van der Waals surface area contributed by atoms with E-state index in [0.29, 0.717) is 0 Å². The number of hydrogen-bond acceptors (Lipinski definition) is 0. The zero-order chi connectivity index (χ0) is 35.9. The first-order valence-corrected chi connectivity index (χ1v) is 22.0. The Balaban J connectivity index is 0.000000223. The van der Waals surface area contributed by atoms with Crippen LogP contribution in [0.4, 0.5) is 0 Å². The second kappa shape index (κ2) is 18.8. The zero-order valence-corrected chi connectivity index (χ0v) is 37.7. The summed E-state index contributed by atoms with van der Waals surface area (Å²) in [7, 11) is 0. The summed E-state index contributed by atoms with van der Waals surface area (Å²) in [5.74, 6) is 0. The van der Waals surface area contributed by atoms with Crippen LogP contribution in [0.15, 0.2) is 158 Å². The van der Waals surface area contributed by atoms with Crippen molar-refractivity contribution >= 4 is 71.5 Å². The summed E-state index contributed by atoms with van der Waals surface area (Å²) in [6.45, 7) is 11.9. The maximum absolute atomic E-state index is 3.06. The molecule has 0 heterocycles. The number of benzene rings is 8. The fourth-order valence-electron chi connectivity index (χ4n) is 8.27. The molecule has 0 spiro atoms. The Kier molecular flexibility index (Phi) is 14.9. The molecule has 0 aliphatic rings. The van der Waals surface area contributed by atoms with Crippen molar-refractivity contribution in [1.29, 1.82) is 0 Å². The van der Waals surface area contributed by atoms with Gasteiger partial charge in [-0.05, 0) is 67.4 Å². The molecule has 0 bridgehead atoms. The van der Waals surface area contributed by atoms with Gasteiger partial charge in [0.05, 0.1) is 0 Å². The SMILES string of the molecule is Cc1[cH-]c2c(C)cccc2c1-c1cccc2cc3ccccc3cc12.Cc1[cH-]c2c(C)cccc2c1-c1cccc2cc3ccccc3cc12.[CH3-].[CH3-].[Cl-].[Cl-].[Si]=[Zr+2]. The number of fused-ring (bicyclic) bond motifs is 6. The van der Waals surface area contributed by atoms with E-state index < -0.39 is 0 Å². The molecule has 0 atom stereocenters. The first kappa shape index (κ1) is 44.4. The summed E-state index contributed by atoms with van der Waals surface area (Å²) in [5.41, 5.74) is 10.8. The van der Waals surface area contributed by atoms with Crippen LogP contribution >= 0.6 is 0 Å². The summed E-state index contributed by atoms with van der Waals surface area (Å²) in [6.07, 6.45) is 0. The molecule has 0 saturated heterocycles. The van der Waals surface area contributed by atoms with Gasteiger partial charge in [0.15, 0.2) is 0 Å². The molecule has 10 aromatic carbocycles. The third kappa shape index (κ3) is 7.96. The van der Waals surface area contributed by atoms with Crippen LogP contribution in [0.1, 0.15) is 22.3 Å². The van der Waals surface area contributed by atoms with E-state index in [1.54, 1.807) is 0 Å². The van der Waals surface area contributed by atoms with Gasteiger partial charge < -0.3 is 39.7 Å². The number of rotatable bonds is 2. The van der Waals surface area contributed by atoms with E-state index in [-0.39, 0.29) is 39.7 Å². The molecule has 0 saturated carbocycles. The second-order valence-corrected chi connectivity index (χ2v) is 13.9. The van der Waals surface area contributed by atoms with Crippen molar-refractivity contribution in [2.45, 2.75) is 27.7 Å². The van der Waals surface area contributed by atoms with E-state index >= 15 is 0 Å². The van der Waals surface area contributed by atoms with Gasteiger partial charge in [-0.3, -0.25) is 0 Å². The Morgan fingerprint density at radius 2 is 0.696 bits per heavy atom. The molecule has 56 heavy (non-hydrogen) atoms. The van der Waals surface area contributed by atoms with Gasteiger partial charge in [-0.15, -0.1) is 91.3 Å². The van der Waals surface area contributed by atoms with Gasteiger partial charge in [0, 0.05) is 0 Å². The predicted octanol–water partition coefficient (Wildman–Crippen LogP) is 8.82. The molecule has 10 aromatic rings. The predicted molar refractivity (Wildman–Crippen MR) is 238 cm³/mol. The normalized spacial score (nSPS) is 10.5. The van der Waals surface area contributed by atoms with Gasteiger partial charge in [0.2, 0.25) is 0 Å². The van der Waals surface area contributed by atoms with Gasteiger partial charge in [-0.25, -0.2) is 0 Å². The molecule has 0 amide bonds. The molecule has 0 nitrogen and oxygen atoms in total. The van der Waals surface area contributed by atoms with Crippen molar-refractivity contribution in [1.82, 2.24) is 0 Å². The van der Waals surface area contributed by atoms with Crippen LogP contribution in [0.2, 0.25) is 0 Å². The van der Waals surface area contributed by atoms with Crippen molar-refractivity contribution in [3.63, 3.8) is 0 Å². The Hall–Kier alpha value is -4.30. The quantitative estimate of drug-likeness (QED) is 0.0927. The average molecular weight is 859 g/mol. The Bertz CT molecular complexity index is 2750. The Labute approximate surface area is 361 Å². The van der Waals surface area contributed by atoms with Crippen LogP contribution in [0.25, 0.3) is 86.9 Å². The third-order valence-corrected chi connectivity index (χ3v) is 10.7. The van der Waals surface area contributed by atoms with E-state index in [4.69, 9.17) is 0 Å². The fraction of sp³-hybridized carbons (Fsp3) is 0.0769. The molecule has 0 fully saturated rings. The summed E-state index contributed by atoms with van der Waals surface area (Å²) < 4.78 is 0. The molecule has 278 valence electrons. The first-order chi connectivity index (χ1) is 25.4. The minimum atomic E-state index is 0. The van der Waals surface area contributed by atoms with Crippen LogP contribution in [0, 0.1) is 42.5 Å². The summed E-state index contributed by atoms with van der Waals surface area (Å²) in [5, 5.41) is 15.9. The van der Waals surface area contributed by atoms with Crippen LogP contribution < -0.4 is 24.8 Å². The van der Waals surface area contributed by atoms with E-state index in [2.05, 4.69) is 192 Å². The molecule has 0 aromatic heterocycles. The molecule has 4 heteroatoms. The molecular weight excluding hydrogens is 815 g/mol. The van der Waals surface area contributed by atoms with Crippen molar-refractivity contribution in [3.8, 4) is 22.3 Å². The number of hydrogen-bond donors (Lipinski definition) is 0.